The molecule has 0 aliphatic carbocycles. The van der Waals surface area contributed by atoms with Crippen LogP contribution < -0.4 is 10.3 Å². The van der Waals surface area contributed by atoms with Gasteiger partial charge in [-0.05, 0) is 37.1 Å². The molecule has 1 N–H and O–H groups in total. The normalized spacial score (nSPS) is 12.5. The zero-order valence-electron chi connectivity index (χ0n) is 13.3. The van der Waals surface area contributed by atoms with Gasteiger partial charge < -0.3 is 9.84 Å². The Balaban J connectivity index is 2.23. The first-order chi connectivity index (χ1) is 11.6. The van der Waals surface area contributed by atoms with Crippen molar-refractivity contribution < 1.29 is 23.0 Å². The van der Waals surface area contributed by atoms with Crippen molar-refractivity contribution in [1.82, 2.24) is 9.78 Å². The summed E-state index contributed by atoms with van der Waals surface area (Å²) in [6.45, 7) is 2.98. The molecule has 0 aliphatic heterocycles. The van der Waals surface area contributed by atoms with Crippen LogP contribution in [0.5, 0.6) is 5.75 Å². The maximum atomic E-state index is 12.2. The van der Waals surface area contributed by atoms with Crippen LogP contribution in [0.15, 0.2) is 29.1 Å². The summed E-state index contributed by atoms with van der Waals surface area (Å²) in [7, 11) is 0. The van der Waals surface area contributed by atoms with E-state index in [4.69, 9.17) is 5.26 Å². The molecule has 2 aromatic rings. The Bertz CT molecular complexity index is 868. The molecule has 0 saturated heterocycles. The molecule has 1 aromatic carbocycles. The van der Waals surface area contributed by atoms with E-state index in [1.165, 1.54) is 12.1 Å². The molecule has 0 spiro atoms. The number of benzene rings is 1. The van der Waals surface area contributed by atoms with E-state index < -0.39 is 23.8 Å². The molecule has 1 atom stereocenters. The van der Waals surface area contributed by atoms with Gasteiger partial charge in [0.2, 0.25) is 0 Å². The van der Waals surface area contributed by atoms with Gasteiger partial charge in [-0.3, -0.25) is 4.79 Å². The van der Waals surface area contributed by atoms with Crippen LogP contribution in [-0.2, 0) is 6.54 Å². The highest BCUT2D eigenvalue weighted by Crippen LogP contribution is 2.24. The summed E-state index contributed by atoms with van der Waals surface area (Å²) in [5.74, 6) is -0.420. The number of aliphatic hydroxyl groups is 1. The second-order valence-corrected chi connectivity index (χ2v) is 5.32. The number of nitriles is 1. The van der Waals surface area contributed by atoms with E-state index in [2.05, 4.69) is 9.84 Å². The minimum Gasteiger partial charge on any atom is -0.406 e. The van der Waals surface area contributed by atoms with E-state index in [1.54, 1.807) is 13.8 Å². The van der Waals surface area contributed by atoms with Gasteiger partial charge in [0.1, 0.15) is 17.4 Å². The number of nitrogens with zero attached hydrogens (tertiary/aromatic N) is 3. The van der Waals surface area contributed by atoms with Crippen molar-refractivity contribution in [1.29, 1.82) is 5.26 Å². The Hall–Kier alpha value is -2.86. The van der Waals surface area contributed by atoms with Gasteiger partial charge in [0, 0.05) is 0 Å². The third kappa shape index (κ3) is 4.36. The van der Waals surface area contributed by atoms with E-state index in [9.17, 15) is 23.1 Å². The molecule has 132 valence electrons. The van der Waals surface area contributed by atoms with Gasteiger partial charge in [0.05, 0.1) is 18.3 Å². The Morgan fingerprint density at radius 3 is 2.44 bits per heavy atom. The quantitative estimate of drug-likeness (QED) is 0.912. The zero-order chi connectivity index (χ0) is 18.8. The highest BCUT2D eigenvalue weighted by molar-refractivity contribution is 5.36. The topological polar surface area (TPSA) is 88.1 Å². The molecule has 1 aromatic heterocycles. The summed E-state index contributed by atoms with van der Waals surface area (Å²) in [6.07, 6.45) is -6.00. The van der Waals surface area contributed by atoms with Crippen LogP contribution in [0.25, 0.3) is 0 Å². The third-order valence-corrected chi connectivity index (χ3v) is 3.59. The highest BCUT2D eigenvalue weighted by atomic mass is 19.4. The van der Waals surface area contributed by atoms with Gasteiger partial charge >= 0.3 is 6.36 Å². The molecule has 0 saturated carbocycles. The first-order valence-electron chi connectivity index (χ1n) is 7.14. The molecule has 6 nitrogen and oxygen atoms in total. The van der Waals surface area contributed by atoms with Crippen LogP contribution in [-0.4, -0.2) is 21.2 Å². The van der Waals surface area contributed by atoms with Crippen molar-refractivity contribution in [2.45, 2.75) is 32.9 Å². The van der Waals surface area contributed by atoms with E-state index in [1.807, 2.05) is 6.07 Å². The van der Waals surface area contributed by atoms with Crippen LogP contribution in [0.4, 0.5) is 13.2 Å². The SMILES string of the molecule is Cc1nn(CC(O)c2ccc(OC(F)(F)F)cc2)c(=O)c(C#N)c1C. The predicted octanol–water partition coefficient (Wildman–Crippen LogP) is 2.36. The number of ether oxygens (including phenoxy) is 1. The van der Waals surface area contributed by atoms with E-state index in [0.717, 1.165) is 16.8 Å². The number of halogens is 3. The Kier molecular flexibility index (Phi) is 5.13. The third-order valence-electron chi connectivity index (χ3n) is 3.59. The van der Waals surface area contributed by atoms with Crippen molar-refractivity contribution >= 4 is 0 Å². The van der Waals surface area contributed by atoms with Gasteiger partial charge in [0.25, 0.3) is 5.56 Å². The van der Waals surface area contributed by atoms with Crippen LogP contribution in [0.1, 0.15) is 28.5 Å². The average Bonchev–Trinajstić information content (AvgIpc) is 2.52. The number of alkyl halides is 3. The molecule has 1 unspecified atom stereocenters. The number of aliphatic hydroxyl groups excluding tert-OH is 1. The molecule has 25 heavy (non-hydrogen) atoms. The molecular formula is C16H14F3N3O3. The molecule has 0 amide bonds. The molecule has 0 fully saturated rings. The summed E-state index contributed by atoms with van der Waals surface area (Å²) < 4.78 is 41.1. The fourth-order valence-corrected chi connectivity index (χ4v) is 2.19. The first kappa shape index (κ1) is 18.5. The summed E-state index contributed by atoms with van der Waals surface area (Å²) in [5.41, 5.74) is 0.513. The second-order valence-electron chi connectivity index (χ2n) is 5.32. The lowest BCUT2D eigenvalue weighted by Gasteiger charge is -2.15. The van der Waals surface area contributed by atoms with Crippen molar-refractivity contribution in [2.24, 2.45) is 0 Å². The molecular weight excluding hydrogens is 339 g/mol. The largest absolute Gasteiger partial charge is 0.573 e. The van der Waals surface area contributed by atoms with Crippen molar-refractivity contribution in [2.75, 3.05) is 0 Å². The van der Waals surface area contributed by atoms with Crippen molar-refractivity contribution in [3.63, 3.8) is 0 Å². The number of aromatic nitrogens is 2. The predicted molar refractivity (Wildman–Crippen MR) is 80.8 cm³/mol. The zero-order valence-corrected chi connectivity index (χ0v) is 13.3. The Labute approximate surface area is 140 Å². The summed E-state index contributed by atoms with van der Waals surface area (Å²) in [5, 5.41) is 23.3. The summed E-state index contributed by atoms with van der Waals surface area (Å²) in [6, 6.07) is 6.43. The Morgan fingerprint density at radius 1 is 1.32 bits per heavy atom. The van der Waals surface area contributed by atoms with Crippen LogP contribution in [0.2, 0.25) is 0 Å². The summed E-state index contributed by atoms with van der Waals surface area (Å²) in [4.78, 5) is 12.2. The monoisotopic (exact) mass is 353 g/mol. The lowest BCUT2D eigenvalue weighted by molar-refractivity contribution is -0.274. The number of hydrogen-bond acceptors (Lipinski definition) is 5. The molecule has 0 bridgehead atoms. The van der Waals surface area contributed by atoms with Crippen LogP contribution >= 0.6 is 0 Å². The van der Waals surface area contributed by atoms with E-state index in [0.29, 0.717) is 11.3 Å². The lowest BCUT2D eigenvalue weighted by atomic mass is 10.1. The lowest BCUT2D eigenvalue weighted by Crippen LogP contribution is -2.29. The average molecular weight is 353 g/mol. The first-order valence-corrected chi connectivity index (χ1v) is 7.14. The van der Waals surface area contributed by atoms with Gasteiger partial charge in [-0.15, -0.1) is 13.2 Å². The van der Waals surface area contributed by atoms with E-state index in [-0.39, 0.29) is 17.7 Å². The highest BCUT2D eigenvalue weighted by Gasteiger charge is 2.31. The summed E-state index contributed by atoms with van der Waals surface area (Å²) >= 11 is 0. The van der Waals surface area contributed by atoms with Gasteiger partial charge in [-0.25, -0.2) is 4.68 Å². The number of rotatable bonds is 4. The minimum absolute atomic E-state index is 0.0615. The number of aryl methyl sites for hydroxylation is 1. The Morgan fingerprint density at radius 2 is 1.92 bits per heavy atom. The van der Waals surface area contributed by atoms with E-state index >= 15 is 0 Å². The molecule has 2 rings (SSSR count). The minimum atomic E-state index is -4.80. The molecule has 1 heterocycles. The van der Waals surface area contributed by atoms with Gasteiger partial charge in [-0.2, -0.15) is 10.4 Å². The fourth-order valence-electron chi connectivity index (χ4n) is 2.19. The molecule has 9 heteroatoms. The maximum absolute atomic E-state index is 12.2. The standard InChI is InChI=1S/C16H14F3N3O3/c1-9-10(2)21-22(15(24)13(9)7-20)8-14(23)11-3-5-12(6-4-11)25-16(17,18)19/h3-6,14,23H,8H2,1-2H3. The van der Waals surface area contributed by atoms with Crippen molar-refractivity contribution in [3.05, 3.63) is 57.0 Å². The van der Waals surface area contributed by atoms with Gasteiger partial charge in [-0.1, -0.05) is 12.1 Å². The van der Waals surface area contributed by atoms with Crippen LogP contribution in [0.3, 0.4) is 0 Å². The maximum Gasteiger partial charge on any atom is 0.573 e. The van der Waals surface area contributed by atoms with Gasteiger partial charge in [0.15, 0.2) is 0 Å². The molecule has 0 radical (unpaired) electrons. The smallest absolute Gasteiger partial charge is 0.406 e. The second kappa shape index (κ2) is 6.94. The molecule has 0 aliphatic rings. The fraction of sp³-hybridized carbons (Fsp3) is 0.312. The van der Waals surface area contributed by atoms with Crippen molar-refractivity contribution in [3.8, 4) is 11.8 Å². The number of hydrogen-bond donors (Lipinski definition) is 1. The van der Waals surface area contributed by atoms with Crippen LogP contribution in [0, 0.1) is 25.2 Å².